The fourth-order valence-electron chi connectivity index (χ4n) is 7.88. The number of methoxy groups -OCH3 is 1. The minimum Gasteiger partial charge on any atom is -0.506 e. The van der Waals surface area contributed by atoms with E-state index >= 15 is 0 Å². The number of nitrogens with zero attached hydrogens (tertiary/aromatic N) is 7. The Labute approximate surface area is 216 Å². The molecule has 3 saturated carbocycles. The number of carbonyl (C=O) groups excluding carboxylic acids is 1. The minimum absolute atomic E-state index is 0.0272. The first-order valence-electron chi connectivity index (χ1n) is 12.5. The fraction of sp³-hybridized carbons (Fsp3) is 0.333. The topological polar surface area (TPSA) is 142 Å². The van der Waals surface area contributed by atoms with Crippen LogP contribution in [0.3, 0.4) is 0 Å². The maximum Gasteiger partial charge on any atom is 0.253 e. The van der Waals surface area contributed by atoms with Crippen LogP contribution in [0.2, 0.25) is 0 Å². The first-order chi connectivity index (χ1) is 18.5. The number of ether oxygens (including phenoxy) is 1. The van der Waals surface area contributed by atoms with Crippen molar-refractivity contribution in [1.82, 2.24) is 29.9 Å². The molecular weight excluding hydrogens is 484 g/mol. The van der Waals surface area contributed by atoms with E-state index in [9.17, 15) is 15.2 Å². The number of rotatable bonds is 5. The van der Waals surface area contributed by atoms with Crippen LogP contribution in [0.5, 0.6) is 11.6 Å². The zero-order valence-corrected chi connectivity index (χ0v) is 20.4. The summed E-state index contributed by atoms with van der Waals surface area (Å²) in [6.45, 7) is 0. The Kier molecular flexibility index (Phi) is 3.92. The van der Waals surface area contributed by atoms with Gasteiger partial charge >= 0.3 is 0 Å². The summed E-state index contributed by atoms with van der Waals surface area (Å²) in [5.74, 6) is 1.86. The lowest BCUT2D eigenvalue weighted by molar-refractivity contribution is -0.326. The summed E-state index contributed by atoms with van der Waals surface area (Å²) < 4.78 is 6.58. The third kappa shape index (κ3) is 2.36. The van der Waals surface area contributed by atoms with E-state index in [0.29, 0.717) is 51.8 Å². The minimum atomic E-state index is -0.158. The number of aromatic hydroxyl groups is 1. The number of aromatic nitrogens is 5. The lowest BCUT2D eigenvalue weighted by atomic mass is 9.21. The third-order valence-corrected chi connectivity index (χ3v) is 9.38. The Bertz CT molecular complexity index is 1690. The quantitative estimate of drug-likeness (QED) is 0.417. The maximum atomic E-state index is 13.0. The summed E-state index contributed by atoms with van der Waals surface area (Å²) >= 11 is 0. The summed E-state index contributed by atoms with van der Waals surface area (Å²) in [7, 11) is 1.55. The first-order valence-corrected chi connectivity index (χ1v) is 12.5. The highest BCUT2D eigenvalue weighted by molar-refractivity contribution is 5.95. The van der Waals surface area contributed by atoms with E-state index in [1.54, 1.807) is 43.9 Å². The van der Waals surface area contributed by atoms with Gasteiger partial charge in [0.1, 0.15) is 17.6 Å². The van der Waals surface area contributed by atoms with Gasteiger partial charge in [-0.25, -0.2) is 14.5 Å². The average Bonchev–Trinajstić information content (AvgIpc) is 3.32. The molecule has 188 valence electrons. The van der Waals surface area contributed by atoms with Crippen LogP contribution in [0.4, 0.5) is 5.82 Å². The molecule has 4 fully saturated rings. The van der Waals surface area contributed by atoms with Crippen LogP contribution in [0.15, 0.2) is 49.2 Å². The molecule has 4 aromatic rings. The molecule has 4 aromatic heterocycles. The van der Waals surface area contributed by atoms with Crippen molar-refractivity contribution in [2.75, 3.05) is 12.0 Å². The lowest BCUT2D eigenvalue weighted by Crippen LogP contribution is -3.03. The number of anilines is 1. The van der Waals surface area contributed by atoms with Crippen molar-refractivity contribution in [2.24, 2.45) is 11.3 Å². The van der Waals surface area contributed by atoms with Crippen LogP contribution in [0.25, 0.3) is 16.8 Å². The van der Waals surface area contributed by atoms with Crippen molar-refractivity contribution in [3.8, 4) is 29.0 Å². The Morgan fingerprint density at radius 3 is 2.76 bits per heavy atom. The molecule has 1 amide bonds. The molecule has 3 aliphatic carbocycles. The fourth-order valence-corrected chi connectivity index (χ4v) is 7.88. The molecule has 0 bridgehead atoms. The SMILES string of the molecule is COc1ccc(C(=O)NC23CC4CC5N(c6cnc(-c7cc(O)cn8ncc(C#N)c78)cn6)C(C2)C453)cn1. The van der Waals surface area contributed by atoms with E-state index in [2.05, 4.69) is 31.4 Å². The van der Waals surface area contributed by atoms with Gasteiger partial charge in [0.2, 0.25) is 5.88 Å². The van der Waals surface area contributed by atoms with E-state index in [-0.39, 0.29) is 22.6 Å². The normalized spacial score (nSPS) is 29.5. The Balaban J connectivity index is 1.04. The number of fused-ring (bicyclic) bond motifs is 1. The van der Waals surface area contributed by atoms with Crippen LogP contribution in [-0.2, 0) is 0 Å². The van der Waals surface area contributed by atoms with Gasteiger partial charge in [-0.05, 0) is 37.3 Å². The van der Waals surface area contributed by atoms with Gasteiger partial charge in [-0.3, -0.25) is 9.78 Å². The third-order valence-electron chi connectivity index (χ3n) is 9.38. The van der Waals surface area contributed by atoms with E-state index in [0.717, 1.165) is 25.1 Å². The molecule has 4 aliphatic rings. The smallest absolute Gasteiger partial charge is 0.253 e. The maximum absolute atomic E-state index is 13.0. The van der Waals surface area contributed by atoms with Gasteiger partial charge < -0.3 is 20.1 Å². The zero-order chi connectivity index (χ0) is 25.8. The van der Waals surface area contributed by atoms with Crippen molar-refractivity contribution < 1.29 is 14.6 Å². The zero-order valence-electron chi connectivity index (χ0n) is 20.4. The first kappa shape index (κ1) is 21.4. The number of piperidine rings is 2. The van der Waals surface area contributed by atoms with Gasteiger partial charge in [0.15, 0.2) is 0 Å². The van der Waals surface area contributed by atoms with Crippen molar-refractivity contribution in [3.63, 3.8) is 0 Å². The molecule has 1 aliphatic heterocycles. The molecule has 11 heteroatoms. The summed E-state index contributed by atoms with van der Waals surface area (Å²) in [4.78, 5) is 28.9. The Morgan fingerprint density at radius 1 is 1.18 bits per heavy atom. The predicted molar refractivity (Wildman–Crippen MR) is 133 cm³/mol. The summed E-state index contributed by atoms with van der Waals surface area (Å²) in [5.41, 5.74) is 2.64. The number of nitrogens with one attached hydrogen (secondary N) is 1. The molecule has 0 radical (unpaired) electrons. The highest BCUT2D eigenvalue weighted by Crippen LogP contribution is 2.84. The van der Waals surface area contributed by atoms with Crippen molar-refractivity contribution in [2.45, 2.75) is 36.9 Å². The molecule has 5 unspecified atom stereocenters. The van der Waals surface area contributed by atoms with Crippen LogP contribution < -0.4 is 15.0 Å². The average molecular weight is 507 g/mol. The van der Waals surface area contributed by atoms with Gasteiger partial charge in [0.25, 0.3) is 5.91 Å². The monoisotopic (exact) mass is 506 g/mol. The molecule has 1 spiro atoms. The van der Waals surface area contributed by atoms with E-state index in [1.165, 1.54) is 16.9 Å². The van der Waals surface area contributed by atoms with E-state index in [4.69, 9.17) is 9.72 Å². The number of amides is 1. The van der Waals surface area contributed by atoms with E-state index in [1.807, 2.05) is 0 Å². The van der Waals surface area contributed by atoms with Gasteiger partial charge in [-0.1, -0.05) is 0 Å². The van der Waals surface area contributed by atoms with Crippen molar-refractivity contribution in [3.05, 3.63) is 60.3 Å². The summed E-state index contributed by atoms with van der Waals surface area (Å²) in [5, 5.41) is 27.2. The molecular formula is C27H22N8O3. The predicted octanol–water partition coefficient (Wildman–Crippen LogP) is 2.31. The van der Waals surface area contributed by atoms with Gasteiger partial charge in [-0.15, -0.1) is 0 Å². The number of pyridine rings is 2. The molecule has 38 heavy (non-hydrogen) atoms. The van der Waals surface area contributed by atoms with Crippen molar-refractivity contribution in [1.29, 1.82) is 5.26 Å². The number of hydrogen-bond acceptors (Lipinski definition) is 9. The van der Waals surface area contributed by atoms with E-state index < -0.39 is 0 Å². The standard InChI is InChI=1S/C27H22N8O3/c1-38-23-3-2-14(9-31-23)25(37)33-26-6-16-4-20-27(16,26)21(7-26)35(20)22-12-29-19(11-30-22)18-5-17(36)13-34-24(18)15(8-28)10-32-34/h2-3,5,9-13,16,20-21,36H,4,6-7H2,1H3,(H,33,37). The van der Waals surface area contributed by atoms with Gasteiger partial charge in [0.05, 0.1) is 59.8 Å². The molecule has 5 heterocycles. The lowest BCUT2D eigenvalue weighted by Gasteiger charge is -2.93. The van der Waals surface area contributed by atoms with Crippen molar-refractivity contribution >= 4 is 17.2 Å². The van der Waals surface area contributed by atoms with Crippen LogP contribution in [0, 0.1) is 22.7 Å². The molecule has 2 N–H and O–H groups in total. The molecule has 5 atom stereocenters. The Morgan fingerprint density at radius 2 is 2.08 bits per heavy atom. The summed E-state index contributed by atoms with van der Waals surface area (Å²) in [6, 6.07) is 7.84. The van der Waals surface area contributed by atoms with Gasteiger partial charge in [0, 0.05) is 35.3 Å². The highest BCUT2D eigenvalue weighted by Gasteiger charge is 2.91. The molecule has 8 rings (SSSR count). The molecule has 1 saturated heterocycles. The Hall–Kier alpha value is -4.72. The number of carbonyl (C=O) groups is 1. The van der Waals surface area contributed by atoms with Gasteiger partial charge in [-0.2, -0.15) is 10.4 Å². The second kappa shape index (κ2) is 6.98. The highest BCUT2D eigenvalue weighted by atomic mass is 16.5. The second-order valence-corrected chi connectivity index (χ2v) is 10.7. The number of nitriles is 1. The van der Waals surface area contributed by atoms with Crippen LogP contribution in [0.1, 0.15) is 35.2 Å². The van der Waals surface area contributed by atoms with Crippen LogP contribution >= 0.6 is 0 Å². The van der Waals surface area contributed by atoms with Crippen LogP contribution in [-0.4, -0.2) is 60.3 Å². The largest absolute Gasteiger partial charge is 0.506 e. The number of hydrogen-bond donors (Lipinski definition) is 2. The molecule has 0 aromatic carbocycles. The second-order valence-electron chi connectivity index (χ2n) is 10.7. The summed E-state index contributed by atoms with van der Waals surface area (Å²) in [6.07, 6.45) is 10.9. The molecule has 11 nitrogen and oxygen atoms in total.